The van der Waals surface area contributed by atoms with Crippen molar-refractivity contribution in [2.45, 2.75) is 31.4 Å². The molecule has 4 heterocycles. The number of rotatable bonds is 3. The van der Waals surface area contributed by atoms with Gasteiger partial charge < -0.3 is 14.8 Å². The van der Waals surface area contributed by atoms with Crippen LogP contribution in [0.15, 0.2) is 36.4 Å². The van der Waals surface area contributed by atoms with Gasteiger partial charge in [-0.15, -0.1) is 0 Å². The van der Waals surface area contributed by atoms with Crippen LogP contribution in [0.3, 0.4) is 0 Å². The number of carbonyl (C=O) groups is 1. The highest BCUT2D eigenvalue weighted by Gasteiger charge is 2.37. The third-order valence-electron chi connectivity index (χ3n) is 6.45. The van der Waals surface area contributed by atoms with E-state index in [-0.39, 0.29) is 18.2 Å². The van der Waals surface area contributed by atoms with Crippen LogP contribution in [-0.2, 0) is 4.74 Å². The second-order valence-corrected chi connectivity index (χ2v) is 9.11. The number of nitrogens with zero attached hydrogens (tertiary/aromatic N) is 1. The molecule has 3 saturated heterocycles. The Morgan fingerprint density at radius 2 is 1.80 bits per heavy atom. The lowest BCUT2D eigenvalue weighted by atomic mass is 9.86. The number of hydrogen-bond acceptors (Lipinski definition) is 4. The summed E-state index contributed by atoms with van der Waals surface area (Å²) in [5.74, 6) is 1.27. The predicted octanol–water partition coefficient (Wildman–Crippen LogP) is 5.30. The number of benzene rings is 2. The molecule has 6 rings (SSSR count). The lowest BCUT2D eigenvalue weighted by Gasteiger charge is -2.44. The first-order chi connectivity index (χ1) is 14.6. The van der Waals surface area contributed by atoms with E-state index in [1.807, 2.05) is 30.3 Å². The average molecular weight is 447 g/mol. The molecule has 3 fully saturated rings. The van der Waals surface area contributed by atoms with Gasteiger partial charge in [-0.3, -0.25) is 4.90 Å². The molecule has 0 spiro atoms. The molecule has 0 aliphatic carbocycles. The quantitative estimate of drug-likeness (QED) is 0.694. The van der Waals surface area contributed by atoms with Crippen molar-refractivity contribution in [1.82, 2.24) is 10.2 Å². The number of amides is 1. The van der Waals surface area contributed by atoms with Gasteiger partial charge in [-0.1, -0.05) is 41.4 Å². The van der Waals surface area contributed by atoms with Crippen LogP contribution in [0, 0.1) is 5.92 Å². The number of alkyl carbamates (subject to hydrolysis) is 1. The molecule has 0 aromatic heterocycles. The number of halogens is 2. The molecule has 7 heteroatoms. The first-order valence-electron chi connectivity index (χ1n) is 10.5. The maximum atomic E-state index is 12.6. The van der Waals surface area contributed by atoms with Crippen LogP contribution < -0.4 is 10.1 Å². The number of fused-ring (bicyclic) bond motifs is 4. The van der Waals surface area contributed by atoms with E-state index in [0.717, 1.165) is 54.9 Å². The Hall–Kier alpha value is -1.95. The smallest absolute Gasteiger partial charge is 0.407 e. The van der Waals surface area contributed by atoms with Gasteiger partial charge in [-0.2, -0.15) is 0 Å². The fourth-order valence-electron chi connectivity index (χ4n) is 4.75. The second kappa shape index (κ2) is 8.29. The molecule has 1 N–H and O–H groups in total. The first kappa shape index (κ1) is 20.0. The van der Waals surface area contributed by atoms with Crippen LogP contribution in [-0.4, -0.2) is 43.3 Å². The Morgan fingerprint density at radius 1 is 1.03 bits per heavy atom. The summed E-state index contributed by atoms with van der Waals surface area (Å²) >= 11 is 12.2. The lowest BCUT2D eigenvalue weighted by Crippen LogP contribution is -2.52. The third-order valence-corrected chi connectivity index (χ3v) is 7.19. The van der Waals surface area contributed by atoms with Gasteiger partial charge in [0.15, 0.2) is 0 Å². The van der Waals surface area contributed by atoms with Crippen molar-refractivity contribution in [3.63, 3.8) is 0 Å². The lowest BCUT2D eigenvalue weighted by molar-refractivity contribution is -0.0342. The Bertz CT molecular complexity index is 959. The van der Waals surface area contributed by atoms with E-state index in [0.29, 0.717) is 29.0 Å². The van der Waals surface area contributed by atoms with Crippen LogP contribution in [0.2, 0.25) is 10.0 Å². The molecule has 2 aromatic carbocycles. The van der Waals surface area contributed by atoms with Crippen LogP contribution in [0.5, 0.6) is 5.75 Å². The topological polar surface area (TPSA) is 50.8 Å². The standard InChI is InChI=1S/C23H24Cl2N2O3/c24-18-4-2-15(11-19(18)25)16-1-3-17-20(7-10-29-21(17)12-16)26-23(28)30-22-13-27-8-5-14(22)6-9-27/h1-4,11-12,14,20,22H,5-10,13H2,(H,26,28)/t20?,22-/m1/s1. The molecule has 5 nitrogen and oxygen atoms in total. The van der Waals surface area contributed by atoms with Crippen LogP contribution in [0.25, 0.3) is 11.1 Å². The fraction of sp³-hybridized carbons (Fsp3) is 0.435. The Labute approximate surface area is 186 Å². The van der Waals surface area contributed by atoms with Gasteiger partial charge in [-0.05, 0) is 61.2 Å². The van der Waals surface area contributed by atoms with Crippen molar-refractivity contribution in [3.8, 4) is 16.9 Å². The van der Waals surface area contributed by atoms with Crippen LogP contribution >= 0.6 is 23.2 Å². The van der Waals surface area contributed by atoms with Gasteiger partial charge in [0.05, 0.1) is 22.7 Å². The molecule has 30 heavy (non-hydrogen) atoms. The van der Waals surface area contributed by atoms with E-state index in [2.05, 4.69) is 10.2 Å². The fourth-order valence-corrected chi connectivity index (χ4v) is 5.05. The average Bonchev–Trinajstić information content (AvgIpc) is 2.76. The van der Waals surface area contributed by atoms with E-state index < -0.39 is 0 Å². The highest BCUT2D eigenvalue weighted by atomic mass is 35.5. The summed E-state index contributed by atoms with van der Waals surface area (Å²) in [6.45, 7) is 3.65. The highest BCUT2D eigenvalue weighted by Crippen LogP contribution is 2.37. The summed E-state index contributed by atoms with van der Waals surface area (Å²) in [6, 6.07) is 11.4. The van der Waals surface area contributed by atoms with Gasteiger partial charge in [-0.25, -0.2) is 4.79 Å². The van der Waals surface area contributed by atoms with Crippen molar-refractivity contribution in [2.24, 2.45) is 5.92 Å². The molecule has 2 atom stereocenters. The number of carbonyl (C=O) groups excluding carboxylic acids is 1. The van der Waals surface area contributed by atoms with Crippen LogP contribution in [0.4, 0.5) is 4.79 Å². The number of nitrogens with one attached hydrogen (secondary N) is 1. The molecule has 4 aliphatic rings. The summed E-state index contributed by atoms with van der Waals surface area (Å²) < 4.78 is 11.7. The zero-order chi connectivity index (χ0) is 20.7. The van der Waals surface area contributed by atoms with E-state index in [9.17, 15) is 4.79 Å². The van der Waals surface area contributed by atoms with Crippen molar-refractivity contribution < 1.29 is 14.3 Å². The zero-order valence-corrected chi connectivity index (χ0v) is 18.1. The molecule has 0 radical (unpaired) electrons. The molecule has 1 amide bonds. The van der Waals surface area contributed by atoms with Gasteiger partial charge in [0.2, 0.25) is 0 Å². The number of ether oxygens (including phenoxy) is 2. The molecule has 2 bridgehead atoms. The summed E-state index contributed by atoms with van der Waals surface area (Å²) in [6.07, 6.45) is 2.63. The van der Waals surface area contributed by atoms with Gasteiger partial charge in [0.1, 0.15) is 11.9 Å². The maximum absolute atomic E-state index is 12.6. The molecular formula is C23H24Cl2N2O3. The van der Waals surface area contributed by atoms with Crippen molar-refractivity contribution in [1.29, 1.82) is 0 Å². The van der Waals surface area contributed by atoms with Gasteiger partial charge in [0.25, 0.3) is 0 Å². The van der Waals surface area contributed by atoms with E-state index in [1.165, 1.54) is 0 Å². The molecular weight excluding hydrogens is 423 g/mol. The minimum Gasteiger partial charge on any atom is -0.493 e. The summed E-state index contributed by atoms with van der Waals surface area (Å²) in [5, 5.41) is 4.10. The monoisotopic (exact) mass is 446 g/mol. The van der Waals surface area contributed by atoms with Crippen molar-refractivity contribution in [3.05, 3.63) is 52.0 Å². The maximum Gasteiger partial charge on any atom is 0.407 e. The molecule has 1 unspecified atom stereocenters. The SMILES string of the molecule is O=C(NC1CCOc2cc(-c3ccc(Cl)c(Cl)c3)ccc21)O[C@@H]1CN2CCC1CC2. The van der Waals surface area contributed by atoms with Crippen molar-refractivity contribution in [2.75, 3.05) is 26.2 Å². The second-order valence-electron chi connectivity index (χ2n) is 8.30. The number of hydrogen-bond donors (Lipinski definition) is 1. The molecule has 158 valence electrons. The minimum atomic E-state index is -0.333. The zero-order valence-electron chi connectivity index (χ0n) is 16.6. The molecule has 4 aliphatic heterocycles. The van der Waals surface area contributed by atoms with E-state index in [4.69, 9.17) is 32.7 Å². The normalized spacial score (nSPS) is 27.1. The Balaban J connectivity index is 1.29. The van der Waals surface area contributed by atoms with E-state index in [1.54, 1.807) is 6.07 Å². The van der Waals surface area contributed by atoms with E-state index >= 15 is 0 Å². The molecule has 0 saturated carbocycles. The third kappa shape index (κ3) is 3.98. The summed E-state index contributed by atoms with van der Waals surface area (Å²) in [5.41, 5.74) is 2.92. The van der Waals surface area contributed by atoms with Gasteiger partial charge >= 0.3 is 6.09 Å². The van der Waals surface area contributed by atoms with Gasteiger partial charge in [0, 0.05) is 18.5 Å². The summed E-state index contributed by atoms with van der Waals surface area (Å²) in [7, 11) is 0. The van der Waals surface area contributed by atoms with Crippen molar-refractivity contribution >= 4 is 29.3 Å². The van der Waals surface area contributed by atoms with Crippen LogP contribution in [0.1, 0.15) is 30.9 Å². The predicted molar refractivity (Wildman–Crippen MR) is 117 cm³/mol. The molecule has 2 aromatic rings. The minimum absolute atomic E-state index is 0.00356. The Morgan fingerprint density at radius 3 is 2.53 bits per heavy atom. The Kier molecular flexibility index (Phi) is 5.52. The highest BCUT2D eigenvalue weighted by molar-refractivity contribution is 6.42. The largest absolute Gasteiger partial charge is 0.493 e. The number of piperidine rings is 3. The summed E-state index contributed by atoms with van der Waals surface area (Å²) in [4.78, 5) is 15.0. The first-order valence-corrected chi connectivity index (χ1v) is 11.2.